The molecule has 0 aliphatic carbocycles. The quantitative estimate of drug-likeness (QED) is 0.802. The summed E-state index contributed by atoms with van der Waals surface area (Å²) >= 11 is 7.71. The van der Waals surface area contributed by atoms with Crippen LogP contribution in [0.3, 0.4) is 0 Å². The summed E-state index contributed by atoms with van der Waals surface area (Å²) in [5, 5.41) is 4.44. The molecular formula is C15H18ClN3S. The monoisotopic (exact) mass is 307 g/mol. The van der Waals surface area contributed by atoms with E-state index in [0.717, 1.165) is 16.5 Å². The molecule has 106 valence electrons. The molecule has 0 saturated carbocycles. The SMILES string of the molecule is CCNc1ncc(Cl)c(Sc2ccc(C(C)C)cc2)n1. The second-order valence-electron chi connectivity index (χ2n) is 4.70. The van der Waals surface area contributed by atoms with Gasteiger partial charge in [-0.1, -0.05) is 49.3 Å². The molecular weight excluding hydrogens is 290 g/mol. The average Bonchev–Trinajstić information content (AvgIpc) is 2.43. The minimum Gasteiger partial charge on any atom is -0.354 e. The van der Waals surface area contributed by atoms with Crippen molar-refractivity contribution in [1.82, 2.24) is 9.97 Å². The Balaban J connectivity index is 2.18. The molecule has 0 unspecified atom stereocenters. The Labute approximate surface area is 129 Å². The third-order valence-electron chi connectivity index (χ3n) is 2.81. The van der Waals surface area contributed by atoms with Crippen molar-refractivity contribution in [3.8, 4) is 0 Å². The summed E-state index contributed by atoms with van der Waals surface area (Å²) in [5.74, 6) is 1.15. The Bertz CT molecular complexity index is 570. The second-order valence-corrected chi connectivity index (χ2v) is 6.17. The van der Waals surface area contributed by atoms with Crippen LogP contribution in [0.2, 0.25) is 5.02 Å². The van der Waals surface area contributed by atoms with Crippen molar-refractivity contribution in [2.45, 2.75) is 36.6 Å². The number of halogens is 1. The zero-order valence-corrected chi connectivity index (χ0v) is 13.4. The van der Waals surface area contributed by atoms with Crippen molar-refractivity contribution in [1.29, 1.82) is 0 Å². The van der Waals surface area contributed by atoms with Crippen molar-refractivity contribution in [3.05, 3.63) is 41.0 Å². The van der Waals surface area contributed by atoms with E-state index in [4.69, 9.17) is 11.6 Å². The normalized spacial score (nSPS) is 10.8. The van der Waals surface area contributed by atoms with Crippen LogP contribution in [0.15, 0.2) is 40.4 Å². The lowest BCUT2D eigenvalue weighted by atomic mass is 10.0. The lowest BCUT2D eigenvalue weighted by Crippen LogP contribution is -2.02. The van der Waals surface area contributed by atoms with Gasteiger partial charge in [-0.15, -0.1) is 0 Å². The summed E-state index contributed by atoms with van der Waals surface area (Å²) in [7, 11) is 0. The summed E-state index contributed by atoms with van der Waals surface area (Å²) in [6, 6.07) is 8.50. The van der Waals surface area contributed by atoms with Gasteiger partial charge in [0.05, 0.1) is 11.2 Å². The fraction of sp³-hybridized carbons (Fsp3) is 0.333. The molecule has 2 aromatic rings. The van der Waals surface area contributed by atoms with Crippen LogP contribution < -0.4 is 5.32 Å². The number of anilines is 1. The van der Waals surface area contributed by atoms with Crippen molar-refractivity contribution < 1.29 is 0 Å². The first kappa shape index (κ1) is 15.1. The Morgan fingerprint density at radius 1 is 1.25 bits per heavy atom. The van der Waals surface area contributed by atoms with Gasteiger partial charge in [-0.25, -0.2) is 9.97 Å². The molecule has 0 radical (unpaired) electrons. The number of benzene rings is 1. The van der Waals surface area contributed by atoms with Gasteiger partial charge in [-0.3, -0.25) is 0 Å². The molecule has 0 saturated heterocycles. The maximum absolute atomic E-state index is 6.15. The molecule has 0 amide bonds. The molecule has 2 rings (SSSR count). The third kappa shape index (κ3) is 3.87. The van der Waals surface area contributed by atoms with E-state index < -0.39 is 0 Å². The summed E-state index contributed by atoms with van der Waals surface area (Å²) in [4.78, 5) is 9.69. The van der Waals surface area contributed by atoms with Gasteiger partial charge in [0.15, 0.2) is 0 Å². The minimum absolute atomic E-state index is 0.539. The first-order valence-corrected chi connectivity index (χ1v) is 7.83. The summed E-state index contributed by atoms with van der Waals surface area (Å²) < 4.78 is 0. The molecule has 1 N–H and O–H groups in total. The standard InChI is InChI=1S/C15H18ClN3S/c1-4-17-15-18-9-13(16)14(19-15)20-12-7-5-11(6-8-12)10(2)3/h5-10H,4H2,1-3H3,(H,17,18,19). The Morgan fingerprint density at radius 3 is 2.55 bits per heavy atom. The predicted molar refractivity (Wildman–Crippen MR) is 85.9 cm³/mol. The minimum atomic E-state index is 0.539. The number of hydrogen-bond donors (Lipinski definition) is 1. The van der Waals surface area contributed by atoms with E-state index in [9.17, 15) is 0 Å². The molecule has 1 aromatic carbocycles. The first-order chi connectivity index (χ1) is 9.60. The number of hydrogen-bond acceptors (Lipinski definition) is 4. The zero-order valence-electron chi connectivity index (χ0n) is 11.9. The van der Waals surface area contributed by atoms with Gasteiger partial charge in [0.2, 0.25) is 5.95 Å². The largest absolute Gasteiger partial charge is 0.354 e. The summed E-state index contributed by atoms with van der Waals surface area (Å²) in [5.41, 5.74) is 1.33. The molecule has 3 nitrogen and oxygen atoms in total. The van der Waals surface area contributed by atoms with Crippen LogP contribution in [0.1, 0.15) is 32.3 Å². The van der Waals surface area contributed by atoms with Crippen molar-refractivity contribution in [3.63, 3.8) is 0 Å². The molecule has 5 heteroatoms. The van der Waals surface area contributed by atoms with Crippen LogP contribution in [0.5, 0.6) is 0 Å². The van der Waals surface area contributed by atoms with Crippen LogP contribution in [-0.2, 0) is 0 Å². The Kier molecular flexibility index (Phi) is 5.26. The molecule has 1 aromatic heterocycles. The van der Waals surface area contributed by atoms with E-state index in [1.54, 1.807) is 18.0 Å². The van der Waals surface area contributed by atoms with E-state index in [2.05, 4.69) is 53.4 Å². The number of nitrogens with zero attached hydrogens (tertiary/aromatic N) is 2. The van der Waals surface area contributed by atoms with Crippen LogP contribution in [0, 0.1) is 0 Å². The topological polar surface area (TPSA) is 37.8 Å². The van der Waals surface area contributed by atoms with Crippen LogP contribution in [-0.4, -0.2) is 16.5 Å². The highest BCUT2D eigenvalue weighted by Gasteiger charge is 2.08. The molecule has 0 aliphatic rings. The van der Waals surface area contributed by atoms with Crippen LogP contribution >= 0.6 is 23.4 Å². The second kappa shape index (κ2) is 6.95. The molecule has 1 heterocycles. The Morgan fingerprint density at radius 2 is 1.95 bits per heavy atom. The molecule has 0 fully saturated rings. The number of aromatic nitrogens is 2. The highest BCUT2D eigenvalue weighted by atomic mass is 35.5. The van der Waals surface area contributed by atoms with E-state index in [-0.39, 0.29) is 0 Å². The zero-order chi connectivity index (χ0) is 14.5. The van der Waals surface area contributed by atoms with Gasteiger partial charge < -0.3 is 5.32 Å². The van der Waals surface area contributed by atoms with Gasteiger partial charge in [0.25, 0.3) is 0 Å². The van der Waals surface area contributed by atoms with Gasteiger partial charge in [-0.2, -0.15) is 0 Å². The van der Waals surface area contributed by atoms with E-state index in [0.29, 0.717) is 16.9 Å². The average molecular weight is 308 g/mol. The number of rotatable bonds is 5. The summed E-state index contributed by atoms with van der Waals surface area (Å²) in [6.45, 7) is 7.17. The highest BCUT2D eigenvalue weighted by Crippen LogP contribution is 2.32. The van der Waals surface area contributed by atoms with Crippen molar-refractivity contribution in [2.24, 2.45) is 0 Å². The van der Waals surface area contributed by atoms with Gasteiger partial charge in [0, 0.05) is 11.4 Å². The first-order valence-electron chi connectivity index (χ1n) is 6.64. The van der Waals surface area contributed by atoms with Crippen molar-refractivity contribution in [2.75, 3.05) is 11.9 Å². The lowest BCUT2D eigenvalue weighted by molar-refractivity contribution is 0.865. The number of nitrogens with one attached hydrogen (secondary N) is 1. The van der Waals surface area contributed by atoms with E-state index >= 15 is 0 Å². The van der Waals surface area contributed by atoms with Crippen LogP contribution in [0.25, 0.3) is 0 Å². The third-order valence-corrected chi connectivity index (χ3v) is 4.21. The predicted octanol–water partition coefficient (Wildman–Crippen LogP) is 4.84. The maximum atomic E-state index is 6.15. The molecule has 0 aliphatic heterocycles. The fourth-order valence-electron chi connectivity index (χ4n) is 1.70. The lowest BCUT2D eigenvalue weighted by Gasteiger charge is -2.08. The molecule has 0 spiro atoms. The fourth-order valence-corrected chi connectivity index (χ4v) is 2.68. The van der Waals surface area contributed by atoms with E-state index in [1.165, 1.54) is 5.56 Å². The van der Waals surface area contributed by atoms with Gasteiger partial charge >= 0.3 is 0 Å². The highest BCUT2D eigenvalue weighted by molar-refractivity contribution is 7.99. The van der Waals surface area contributed by atoms with Crippen molar-refractivity contribution >= 4 is 29.3 Å². The Hall–Kier alpha value is -1.26. The van der Waals surface area contributed by atoms with Gasteiger partial charge in [-0.05, 0) is 30.5 Å². The van der Waals surface area contributed by atoms with Crippen LogP contribution in [0.4, 0.5) is 5.95 Å². The summed E-state index contributed by atoms with van der Waals surface area (Å²) in [6.07, 6.45) is 1.64. The van der Waals surface area contributed by atoms with E-state index in [1.807, 2.05) is 6.92 Å². The molecule has 20 heavy (non-hydrogen) atoms. The smallest absolute Gasteiger partial charge is 0.223 e. The maximum Gasteiger partial charge on any atom is 0.223 e. The molecule has 0 atom stereocenters. The van der Waals surface area contributed by atoms with Gasteiger partial charge in [0.1, 0.15) is 5.03 Å². The molecule has 0 bridgehead atoms.